The van der Waals surface area contributed by atoms with Crippen molar-refractivity contribution in [3.8, 4) is 5.75 Å². The first-order valence-corrected chi connectivity index (χ1v) is 6.12. The Kier molecular flexibility index (Phi) is 3.49. The maximum Gasteiger partial charge on any atom is 0.118 e. The van der Waals surface area contributed by atoms with E-state index in [0.29, 0.717) is 12.1 Å². The van der Waals surface area contributed by atoms with Gasteiger partial charge in [-0.05, 0) is 50.9 Å². The predicted octanol–water partition coefficient (Wildman–Crippen LogP) is 3.24. The topological polar surface area (TPSA) is 12.5 Å². The van der Waals surface area contributed by atoms with Crippen molar-refractivity contribution < 1.29 is 4.74 Å². The summed E-state index contributed by atoms with van der Waals surface area (Å²) < 4.78 is 5.19. The lowest BCUT2D eigenvalue weighted by Crippen LogP contribution is -2.30. The lowest BCUT2D eigenvalue weighted by molar-refractivity contribution is 0.205. The van der Waals surface area contributed by atoms with Gasteiger partial charge in [0.15, 0.2) is 0 Å². The summed E-state index contributed by atoms with van der Waals surface area (Å²) in [6.07, 6.45) is 2.60. The van der Waals surface area contributed by atoms with Crippen LogP contribution >= 0.6 is 0 Å². The first kappa shape index (κ1) is 11.5. The molecule has 0 saturated carbocycles. The van der Waals surface area contributed by atoms with Gasteiger partial charge in [-0.3, -0.25) is 4.90 Å². The molecule has 1 aromatic rings. The molecule has 1 aromatic carbocycles. The maximum absolute atomic E-state index is 5.19. The molecule has 1 heterocycles. The Bertz CT molecular complexity index is 331. The first-order valence-electron chi connectivity index (χ1n) is 6.12. The Morgan fingerprint density at radius 2 is 1.94 bits per heavy atom. The Balaban J connectivity index is 2.16. The van der Waals surface area contributed by atoms with Crippen LogP contribution in [0.4, 0.5) is 0 Å². The fourth-order valence-electron chi connectivity index (χ4n) is 2.59. The van der Waals surface area contributed by atoms with Crippen molar-refractivity contribution in [2.75, 3.05) is 13.7 Å². The molecule has 0 radical (unpaired) electrons. The number of hydrogen-bond donors (Lipinski definition) is 0. The standard InChI is InChI=1S/C14H21NO/c1-11(2)15-10-4-5-14(15)12-6-8-13(16-3)9-7-12/h6-9,11,14H,4-5,10H2,1-3H3/t14-/m1/s1. The number of benzene rings is 1. The van der Waals surface area contributed by atoms with Gasteiger partial charge in [-0.2, -0.15) is 0 Å². The molecule has 2 nitrogen and oxygen atoms in total. The Labute approximate surface area is 98.2 Å². The molecule has 0 bridgehead atoms. The second-order valence-corrected chi connectivity index (χ2v) is 4.76. The number of hydrogen-bond acceptors (Lipinski definition) is 2. The van der Waals surface area contributed by atoms with Crippen LogP contribution in [-0.2, 0) is 0 Å². The molecule has 1 fully saturated rings. The second-order valence-electron chi connectivity index (χ2n) is 4.76. The SMILES string of the molecule is COc1ccc([C@H]2CCCN2C(C)C)cc1. The van der Waals surface area contributed by atoms with E-state index in [1.165, 1.54) is 24.9 Å². The highest BCUT2D eigenvalue weighted by molar-refractivity contribution is 5.29. The van der Waals surface area contributed by atoms with Crippen molar-refractivity contribution >= 4 is 0 Å². The van der Waals surface area contributed by atoms with Gasteiger partial charge < -0.3 is 4.74 Å². The van der Waals surface area contributed by atoms with Gasteiger partial charge in [0.2, 0.25) is 0 Å². The normalized spacial score (nSPS) is 21.6. The fraction of sp³-hybridized carbons (Fsp3) is 0.571. The van der Waals surface area contributed by atoms with Crippen LogP contribution in [-0.4, -0.2) is 24.6 Å². The number of rotatable bonds is 3. The average Bonchev–Trinajstić information content (AvgIpc) is 2.78. The summed E-state index contributed by atoms with van der Waals surface area (Å²) in [5.41, 5.74) is 1.42. The lowest BCUT2D eigenvalue weighted by atomic mass is 10.0. The van der Waals surface area contributed by atoms with E-state index >= 15 is 0 Å². The highest BCUT2D eigenvalue weighted by Gasteiger charge is 2.27. The highest BCUT2D eigenvalue weighted by atomic mass is 16.5. The van der Waals surface area contributed by atoms with Crippen LogP contribution < -0.4 is 4.74 Å². The Morgan fingerprint density at radius 1 is 1.25 bits per heavy atom. The van der Waals surface area contributed by atoms with Crippen molar-refractivity contribution in [1.29, 1.82) is 0 Å². The van der Waals surface area contributed by atoms with Crippen LogP contribution in [0.25, 0.3) is 0 Å². The van der Waals surface area contributed by atoms with E-state index in [-0.39, 0.29) is 0 Å². The zero-order valence-corrected chi connectivity index (χ0v) is 10.4. The maximum atomic E-state index is 5.19. The van der Waals surface area contributed by atoms with Gasteiger partial charge in [-0.25, -0.2) is 0 Å². The molecular formula is C14H21NO. The summed E-state index contributed by atoms with van der Waals surface area (Å²) in [6, 6.07) is 9.76. The van der Waals surface area contributed by atoms with E-state index in [9.17, 15) is 0 Å². The zero-order chi connectivity index (χ0) is 11.5. The molecule has 0 amide bonds. The molecule has 0 N–H and O–H groups in total. The van der Waals surface area contributed by atoms with Gasteiger partial charge in [-0.15, -0.1) is 0 Å². The minimum Gasteiger partial charge on any atom is -0.497 e. The van der Waals surface area contributed by atoms with Crippen molar-refractivity contribution in [2.24, 2.45) is 0 Å². The van der Waals surface area contributed by atoms with E-state index in [2.05, 4.69) is 43.0 Å². The minimum atomic E-state index is 0.603. The van der Waals surface area contributed by atoms with Crippen molar-refractivity contribution in [1.82, 2.24) is 4.90 Å². The molecular weight excluding hydrogens is 198 g/mol. The third-order valence-electron chi connectivity index (χ3n) is 3.46. The van der Waals surface area contributed by atoms with E-state index in [0.717, 1.165) is 5.75 Å². The summed E-state index contributed by atoms with van der Waals surface area (Å²) in [5, 5.41) is 0. The molecule has 0 aromatic heterocycles. The van der Waals surface area contributed by atoms with Crippen molar-refractivity contribution in [3.63, 3.8) is 0 Å². The number of methoxy groups -OCH3 is 1. The molecule has 0 aliphatic carbocycles. The van der Waals surface area contributed by atoms with Crippen LogP contribution in [0, 0.1) is 0 Å². The van der Waals surface area contributed by atoms with E-state index in [1.807, 2.05) is 0 Å². The monoisotopic (exact) mass is 219 g/mol. The Hall–Kier alpha value is -1.02. The van der Waals surface area contributed by atoms with Crippen LogP contribution in [0.5, 0.6) is 5.75 Å². The number of likely N-dealkylation sites (tertiary alicyclic amines) is 1. The first-order chi connectivity index (χ1) is 7.72. The van der Waals surface area contributed by atoms with Gasteiger partial charge in [0.25, 0.3) is 0 Å². The molecule has 88 valence electrons. The van der Waals surface area contributed by atoms with Crippen molar-refractivity contribution in [2.45, 2.75) is 38.8 Å². The third kappa shape index (κ3) is 2.22. The fourth-order valence-corrected chi connectivity index (χ4v) is 2.59. The quantitative estimate of drug-likeness (QED) is 0.773. The molecule has 0 unspecified atom stereocenters. The van der Waals surface area contributed by atoms with Gasteiger partial charge in [-0.1, -0.05) is 12.1 Å². The molecule has 2 rings (SSSR count). The van der Waals surface area contributed by atoms with Gasteiger partial charge in [0, 0.05) is 12.1 Å². The molecule has 1 aliphatic heterocycles. The average molecular weight is 219 g/mol. The van der Waals surface area contributed by atoms with E-state index in [4.69, 9.17) is 4.74 Å². The van der Waals surface area contributed by atoms with Crippen LogP contribution in [0.1, 0.15) is 38.3 Å². The second kappa shape index (κ2) is 4.88. The molecule has 1 atom stereocenters. The summed E-state index contributed by atoms with van der Waals surface area (Å²) in [7, 11) is 1.71. The summed E-state index contributed by atoms with van der Waals surface area (Å²) in [4.78, 5) is 2.59. The molecule has 2 heteroatoms. The van der Waals surface area contributed by atoms with Crippen LogP contribution in [0.3, 0.4) is 0 Å². The van der Waals surface area contributed by atoms with Crippen molar-refractivity contribution in [3.05, 3.63) is 29.8 Å². The van der Waals surface area contributed by atoms with Gasteiger partial charge in [0.1, 0.15) is 5.75 Å². The number of ether oxygens (including phenoxy) is 1. The summed E-state index contributed by atoms with van der Waals surface area (Å²) in [5.74, 6) is 0.942. The summed E-state index contributed by atoms with van der Waals surface area (Å²) >= 11 is 0. The molecule has 1 aliphatic rings. The molecule has 0 spiro atoms. The smallest absolute Gasteiger partial charge is 0.118 e. The largest absolute Gasteiger partial charge is 0.497 e. The Morgan fingerprint density at radius 3 is 2.50 bits per heavy atom. The van der Waals surface area contributed by atoms with Crippen LogP contribution in [0.15, 0.2) is 24.3 Å². The van der Waals surface area contributed by atoms with Crippen LogP contribution in [0.2, 0.25) is 0 Å². The predicted molar refractivity (Wildman–Crippen MR) is 66.8 cm³/mol. The summed E-state index contributed by atoms with van der Waals surface area (Å²) in [6.45, 7) is 5.79. The van der Waals surface area contributed by atoms with E-state index in [1.54, 1.807) is 7.11 Å². The molecule has 1 saturated heterocycles. The lowest BCUT2D eigenvalue weighted by Gasteiger charge is -2.28. The van der Waals surface area contributed by atoms with Gasteiger partial charge in [0.05, 0.1) is 7.11 Å². The minimum absolute atomic E-state index is 0.603. The number of nitrogens with zero attached hydrogens (tertiary/aromatic N) is 1. The van der Waals surface area contributed by atoms with E-state index < -0.39 is 0 Å². The molecule has 16 heavy (non-hydrogen) atoms. The third-order valence-corrected chi connectivity index (χ3v) is 3.46. The highest BCUT2D eigenvalue weighted by Crippen LogP contribution is 2.33. The zero-order valence-electron chi connectivity index (χ0n) is 10.4. The van der Waals surface area contributed by atoms with Gasteiger partial charge >= 0.3 is 0 Å².